The predicted molar refractivity (Wildman–Crippen MR) is 308 cm³/mol. The lowest BCUT2D eigenvalue weighted by Gasteiger charge is -2.29. The van der Waals surface area contributed by atoms with Gasteiger partial charge < -0.3 is 33.7 Å². The van der Waals surface area contributed by atoms with E-state index in [9.17, 15) is 0 Å². The lowest BCUT2D eigenvalue weighted by atomic mass is 9.96. The normalized spacial score (nSPS) is 15.5. The van der Waals surface area contributed by atoms with Crippen LogP contribution in [0.25, 0.3) is 90.7 Å². The number of ether oxygens (including phenoxy) is 5. The van der Waals surface area contributed by atoms with Crippen molar-refractivity contribution >= 4 is 45.2 Å². The summed E-state index contributed by atoms with van der Waals surface area (Å²) in [4.78, 5) is 40.2. The third-order valence-electron chi connectivity index (χ3n) is 15.0. The summed E-state index contributed by atoms with van der Waals surface area (Å²) in [7, 11) is 1.71. The number of hydrogen-bond donors (Lipinski definition) is 2. The minimum atomic E-state index is -0.845. The molecule has 0 radical (unpaired) electrons. The van der Waals surface area contributed by atoms with E-state index >= 15 is 0 Å². The highest BCUT2D eigenvalue weighted by atomic mass is 16.5. The minimum absolute atomic E-state index is 0.0774. The molecule has 6 aromatic rings. The van der Waals surface area contributed by atoms with Crippen molar-refractivity contribution in [2.45, 2.75) is 148 Å². The Morgan fingerprint density at radius 3 is 1.32 bits per heavy atom. The van der Waals surface area contributed by atoms with Gasteiger partial charge in [0.25, 0.3) is 0 Å². The summed E-state index contributed by atoms with van der Waals surface area (Å²) in [6.45, 7) is 37.1. The first-order valence-corrected chi connectivity index (χ1v) is 27.7. The molecule has 3 aliphatic rings. The highest BCUT2D eigenvalue weighted by Gasteiger charge is 2.34. The van der Waals surface area contributed by atoms with E-state index in [4.69, 9.17) is 53.6 Å². The Morgan fingerprint density at radius 2 is 0.829 bits per heavy atom. The summed E-state index contributed by atoms with van der Waals surface area (Å²) in [6, 6.07) is 18.2. The summed E-state index contributed by atoms with van der Waals surface area (Å²) >= 11 is 0. The second kappa shape index (κ2) is 21.4. The lowest BCUT2D eigenvalue weighted by molar-refractivity contribution is 0.0663. The number of benzene rings is 3. The van der Waals surface area contributed by atoms with Crippen LogP contribution < -0.4 is 14.2 Å². The zero-order chi connectivity index (χ0) is 54.7. The number of aromatic amines is 2. The molecule has 13 heteroatoms. The summed E-state index contributed by atoms with van der Waals surface area (Å²) in [5.41, 5.74) is 5.76. The maximum atomic E-state index is 7.22. The number of nitrogens with zero attached hydrogens (tertiary/aromatic N) is 6. The van der Waals surface area contributed by atoms with Gasteiger partial charge in [-0.25, -0.2) is 29.9 Å². The molecule has 1 atom stereocenters. The molecule has 0 saturated heterocycles. The smallest absolute Gasteiger partial charge is 0.168 e. The van der Waals surface area contributed by atoms with Gasteiger partial charge in [-0.05, 0) is 84.6 Å². The first-order valence-electron chi connectivity index (χ1n) is 27.7. The molecular formula is C63H80N8O5. The zero-order valence-electron chi connectivity index (χ0n) is 48.1. The molecule has 1 unspecified atom stereocenters. The SMILES string of the molecule is COC1(C)C=Cc2c(c3nc4nc(nc5[nH]c(nc6nc(nc2[nH]3)-c2c(OC(C(C)C)C(C)C)cccc2-6)c2c(OC(C(C)C)C(C)C)cccc52)-c2c(OC(C(C)C)C(C)C)cccc2-4)C(OC(C(C)C)C(C)C)=C1. The highest BCUT2D eigenvalue weighted by Crippen LogP contribution is 2.46. The Bertz CT molecular complexity index is 3330. The Hall–Kier alpha value is -6.60. The molecule has 76 heavy (non-hydrogen) atoms. The largest absolute Gasteiger partial charge is 0.489 e. The third-order valence-corrected chi connectivity index (χ3v) is 15.0. The molecule has 1 aliphatic carbocycles. The number of hydrogen-bond acceptors (Lipinski definition) is 11. The standard InChI is InChI=1S/C63H80N8O5/c1-31(2)51(32(3)4)73-43-25-19-22-39-47(43)59-64-55(39)65-60-48-41(24-21-26-44(48)74-52(33(5)6)34(7)8)57(68-60)69-62-50-42(28-29-63(17,72-18)30-46(50)76-54(37(13)14)38(15)16)58(71-62)70-61-49-40(56(66-59)67-61)23-20-27-45(49)75-53(35(9)10)36(11)12/h19-38,51-54H,1-18H3,(H2,64,65,66,67,68,69,70,71). The number of methoxy groups -OCH3 is 1. The van der Waals surface area contributed by atoms with Gasteiger partial charge in [-0.2, -0.15) is 0 Å². The molecule has 0 saturated carbocycles. The van der Waals surface area contributed by atoms with Crippen LogP contribution in [0.2, 0.25) is 0 Å². The molecule has 0 amide bonds. The van der Waals surface area contributed by atoms with Crippen molar-refractivity contribution in [3.63, 3.8) is 0 Å². The summed E-state index contributed by atoms with van der Waals surface area (Å²) < 4.78 is 34.6. The van der Waals surface area contributed by atoms with Crippen LogP contribution in [-0.2, 0) is 9.47 Å². The van der Waals surface area contributed by atoms with Crippen LogP contribution in [0.1, 0.15) is 129 Å². The van der Waals surface area contributed by atoms with E-state index in [-0.39, 0.29) is 71.8 Å². The topological polar surface area (TPSA) is 155 Å². The van der Waals surface area contributed by atoms with E-state index in [1.54, 1.807) is 7.11 Å². The Balaban J connectivity index is 1.47. The van der Waals surface area contributed by atoms with E-state index in [1.807, 2.05) is 73.7 Å². The van der Waals surface area contributed by atoms with E-state index in [2.05, 4.69) is 127 Å². The van der Waals surface area contributed by atoms with Crippen molar-refractivity contribution in [2.75, 3.05) is 7.11 Å². The van der Waals surface area contributed by atoms with Crippen LogP contribution >= 0.6 is 0 Å². The summed E-state index contributed by atoms with van der Waals surface area (Å²) in [5, 5.41) is 1.59. The van der Waals surface area contributed by atoms with Crippen LogP contribution in [0.15, 0.2) is 66.7 Å². The van der Waals surface area contributed by atoms with Crippen LogP contribution in [0.3, 0.4) is 0 Å². The molecule has 8 bridgehead atoms. The van der Waals surface area contributed by atoms with Crippen molar-refractivity contribution in [1.29, 1.82) is 0 Å². The molecule has 3 aromatic heterocycles. The molecule has 2 aliphatic heterocycles. The van der Waals surface area contributed by atoms with E-state index in [0.717, 1.165) is 44.2 Å². The fourth-order valence-electron chi connectivity index (χ4n) is 11.4. The molecule has 5 heterocycles. The molecule has 0 fully saturated rings. The Kier molecular flexibility index (Phi) is 15.3. The van der Waals surface area contributed by atoms with Crippen molar-refractivity contribution < 1.29 is 23.7 Å². The van der Waals surface area contributed by atoms with Crippen molar-refractivity contribution in [1.82, 2.24) is 39.9 Å². The number of rotatable bonds is 17. The van der Waals surface area contributed by atoms with Gasteiger partial charge in [0.15, 0.2) is 23.3 Å². The maximum absolute atomic E-state index is 7.22. The number of fused-ring (bicyclic) bond motifs is 20. The molecule has 9 rings (SSSR count). The molecular weight excluding hydrogens is 949 g/mol. The summed E-state index contributed by atoms with van der Waals surface area (Å²) in [6.07, 6.45) is 5.73. The van der Waals surface area contributed by atoms with Gasteiger partial charge in [0.05, 0.1) is 22.1 Å². The fraction of sp³-hybridized carbons (Fsp3) is 0.492. The Morgan fingerprint density at radius 1 is 0.421 bits per heavy atom. The van der Waals surface area contributed by atoms with Gasteiger partial charge >= 0.3 is 0 Å². The van der Waals surface area contributed by atoms with E-state index in [1.165, 1.54) is 0 Å². The number of H-pyrrole nitrogens is 2. The Labute approximate surface area is 449 Å². The average Bonchev–Trinajstić information content (AvgIpc) is 4.09. The monoisotopic (exact) mass is 1030 g/mol. The third kappa shape index (κ3) is 10.4. The summed E-state index contributed by atoms with van der Waals surface area (Å²) in [5.74, 6) is 6.22. The fourth-order valence-corrected chi connectivity index (χ4v) is 11.4. The molecule has 402 valence electrons. The number of aromatic nitrogens is 8. The predicted octanol–water partition coefficient (Wildman–Crippen LogP) is 15.4. The maximum Gasteiger partial charge on any atom is 0.168 e. The highest BCUT2D eigenvalue weighted by molar-refractivity contribution is 6.08. The van der Waals surface area contributed by atoms with Gasteiger partial charge in [-0.3, -0.25) is 0 Å². The average molecular weight is 1030 g/mol. The molecule has 3 aromatic carbocycles. The lowest BCUT2D eigenvalue weighted by Crippen LogP contribution is -2.29. The second-order valence-electron chi connectivity index (χ2n) is 23.9. The van der Waals surface area contributed by atoms with E-state index in [0.29, 0.717) is 68.9 Å². The first kappa shape index (κ1) is 54.2. The molecule has 2 N–H and O–H groups in total. The van der Waals surface area contributed by atoms with Gasteiger partial charge in [0, 0.05) is 29.2 Å². The van der Waals surface area contributed by atoms with Gasteiger partial charge in [-0.15, -0.1) is 0 Å². The minimum Gasteiger partial charge on any atom is -0.489 e. The van der Waals surface area contributed by atoms with Gasteiger partial charge in [-0.1, -0.05) is 153 Å². The quantitative estimate of drug-likeness (QED) is 0.0895. The van der Waals surface area contributed by atoms with Crippen molar-refractivity contribution in [3.8, 4) is 62.8 Å². The van der Waals surface area contributed by atoms with Crippen LogP contribution in [0.4, 0.5) is 0 Å². The first-order chi connectivity index (χ1) is 36.1. The molecule has 13 nitrogen and oxygen atoms in total. The zero-order valence-corrected chi connectivity index (χ0v) is 48.1. The van der Waals surface area contributed by atoms with Crippen LogP contribution in [-0.4, -0.2) is 77.0 Å². The van der Waals surface area contributed by atoms with Gasteiger partial charge in [0.2, 0.25) is 0 Å². The van der Waals surface area contributed by atoms with Crippen molar-refractivity contribution in [3.05, 3.63) is 77.9 Å². The van der Waals surface area contributed by atoms with Crippen LogP contribution in [0.5, 0.6) is 17.2 Å². The van der Waals surface area contributed by atoms with Crippen molar-refractivity contribution in [2.24, 2.45) is 47.3 Å². The van der Waals surface area contributed by atoms with Crippen LogP contribution in [0, 0.1) is 47.3 Å². The van der Waals surface area contributed by atoms with E-state index < -0.39 is 5.60 Å². The van der Waals surface area contributed by atoms with Gasteiger partial charge in [0.1, 0.15) is 75.6 Å². The number of nitrogens with one attached hydrogen (secondary N) is 2. The second-order valence-corrected chi connectivity index (χ2v) is 23.9. The molecule has 0 spiro atoms.